The van der Waals surface area contributed by atoms with Gasteiger partial charge in [0.05, 0.1) is 6.61 Å². The van der Waals surface area contributed by atoms with E-state index in [1.54, 1.807) is 11.4 Å². The molecule has 0 saturated carbocycles. The van der Waals surface area contributed by atoms with Crippen LogP contribution in [0.15, 0.2) is 27.5 Å². The van der Waals surface area contributed by atoms with Crippen molar-refractivity contribution >= 4 is 50.8 Å². The summed E-state index contributed by atoms with van der Waals surface area (Å²) >= 11 is 4.65. The number of thiazole rings is 1. The third kappa shape index (κ3) is 7.06. The number of anilines is 3. The summed E-state index contributed by atoms with van der Waals surface area (Å²) in [4.78, 5) is 20.5. The summed E-state index contributed by atoms with van der Waals surface area (Å²) in [6, 6.07) is 5.02. The molecule has 3 N–H and O–H groups in total. The van der Waals surface area contributed by atoms with Crippen molar-refractivity contribution in [2.45, 2.75) is 32.0 Å². The molecule has 1 atom stereocenters. The van der Waals surface area contributed by atoms with E-state index in [0.29, 0.717) is 28.0 Å². The smallest absolute Gasteiger partial charge is 0.326 e. The summed E-state index contributed by atoms with van der Waals surface area (Å²) in [5.74, 6) is 1.64. The van der Waals surface area contributed by atoms with E-state index >= 15 is 0 Å². The number of urea groups is 1. The molecule has 146 valence electrons. The number of ether oxygens (including phenoxy) is 2. The fourth-order valence-corrected chi connectivity index (χ4v) is 3.46. The van der Waals surface area contributed by atoms with Crippen molar-refractivity contribution in [3.8, 4) is 0 Å². The Kier molecular flexibility index (Phi) is 7.81. The van der Waals surface area contributed by atoms with Gasteiger partial charge in [0.25, 0.3) is 0 Å². The SMILES string of the molecule is O=C(Nc1cccc(NCCCOC2CCCCO2)n1)Nc1csc(Br)n1. The minimum atomic E-state index is -0.390. The number of halogens is 1. The first-order chi connectivity index (χ1) is 13.2. The largest absolute Gasteiger partial charge is 0.370 e. The highest BCUT2D eigenvalue weighted by Gasteiger charge is 2.13. The standard InChI is InChI=1S/C17H22BrN5O3S/c18-16-21-14(11-27-16)23-17(24)22-13-6-3-5-12(20-13)19-8-4-10-26-15-7-1-2-9-25-15/h3,5-6,11,15H,1-2,4,7-10H2,(H3,19,20,22,23,24). The van der Waals surface area contributed by atoms with Crippen LogP contribution in [0.5, 0.6) is 0 Å². The highest BCUT2D eigenvalue weighted by atomic mass is 79.9. The molecule has 27 heavy (non-hydrogen) atoms. The Morgan fingerprint density at radius 2 is 2.11 bits per heavy atom. The molecule has 3 heterocycles. The van der Waals surface area contributed by atoms with E-state index in [1.165, 1.54) is 17.8 Å². The lowest BCUT2D eigenvalue weighted by Gasteiger charge is -2.22. The van der Waals surface area contributed by atoms with E-state index in [9.17, 15) is 4.79 Å². The molecule has 1 aliphatic rings. The second-order valence-corrected chi connectivity index (χ2v) is 8.05. The zero-order valence-electron chi connectivity index (χ0n) is 14.7. The van der Waals surface area contributed by atoms with E-state index in [4.69, 9.17) is 9.47 Å². The van der Waals surface area contributed by atoms with E-state index in [0.717, 1.165) is 32.4 Å². The van der Waals surface area contributed by atoms with E-state index in [2.05, 4.69) is 41.8 Å². The Morgan fingerprint density at radius 3 is 2.89 bits per heavy atom. The van der Waals surface area contributed by atoms with Gasteiger partial charge in [-0.15, -0.1) is 11.3 Å². The van der Waals surface area contributed by atoms with Crippen LogP contribution in [-0.2, 0) is 9.47 Å². The maximum Gasteiger partial charge on any atom is 0.326 e. The fraction of sp³-hybridized carbons (Fsp3) is 0.471. The summed E-state index contributed by atoms with van der Waals surface area (Å²) in [6.07, 6.45) is 4.05. The van der Waals surface area contributed by atoms with Crippen LogP contribution in [0.25, 0.3) is 0 Å². The number of aromatic nitrogens is 2. The summed E-state index contributed by atoms with van der Waals surface area (Å²) < 4.78 is 11.9. The Balaban J connectivity index is 1.37. The number of rotatable bonds is 8. The maximum absolute atomic E-state index is 12.0. The molecule has 1 unspecified atom stereocenters. The molecule has 8 nitrogen and oxygen atoms in total. The van der Waals surface area contributed by atoms with Crippen molar-refractivity contribution in [1.29, 1.82) is 0 Å². The van der Waals surface area contributed by atoms with E-state index in [1.807, 2.05) is 12.1 Å². The Bertz CT molecular complexity index is 739. The van der Waals surface area contributed by atoms with Crippen LogP contribution in [0.3, 0.4) is 0 Å². The van der Waals surface area contributed by atoms with Crippen LogP contribution in [-0.4, -0.2) is 42.0 Å². The molecule has 1 saturated heterocycles. The van der Waals surface area contributed by atoms with Gasteiger partial charge < -0.3 is 14.8 Å². The molecule has 2 aromatic heterocycles. The van der Waals surface area contributed by atoms with Crippen molar-refractivity contribution < 1.29 is 14.3 Å². The minimum absolute atomic E-state index is 0.0544. The first kappa shape index (κ1) is 20.0. The lowest BCUT2D eigenvalue weighted by molar-refractivity contribution is -0.162. The Labute approximate surface area is 170 Å². The van der Waals surface area contributed by atoms with Gasteiger partial charge in [0.2, 0.25) is 0 Å². The summed E-state index contributed by atoms with van der Waals surface area (Å²) in [7, 11) is 0. The number of nitrogens with zero attached hydrogens (tertiary/aromatic N) is 2. The maximum atomic E-state index is 12.0. The third-order valence-electron chi connectivity index (χ3n) is 3.78. The average molecular weight is 456 g/mol. The van der Waals surface area contributed by atoms with Crippen LogP contribution in [0.2, 0.25) is 0 Å². The first-order valence-electron chi connectivity index (χ1n) is 8.82. The van der Waals surface area contributed by atoms with Crippen molar-refractivity contribution in [3.63, 3.8) is 0 Å². The molecule has 0 radical (unpaired) electrons. The molecule has 2 amide bonds. The first-order valence-corrected chi connectivity index (χ1v) is 10.5. The van der Waals surface area contributed by atoms with Gasteiger partial charge in [0.1, 0.15) is 17.5 Å². The number of nitrogens with one attached hydrogen (secondary N) is 3. The van der Waals surface area contributed by atoms with E-state index < -0.39 is 6.03 Å². The van der Waals surface area contributed by atoms with Gasteiger partial charge in [-0.2, -0.15) is 0 Å². The summed E-state index contributed by atoms with van der Waals surface area (Å²) in [5.41, 5.74) is 0. The highest BCUT2D eigenvalue weighted by molar-refractivity contribution is 9.11. The van der Waals surface area contributed by atoms with Crippen LogP contribution < -0.4 is 16.0 Å². The van der Waals surface area contributed by atoms with Crippen LogP contribution >= 0.6 is 27.3 Å². The molecule has 0 aromatic carbocycles. The van der Waals surface area contributed by atoms with Crippen LogP contribution in [0.1, 0.15) is 25.7 Å². The zero-order valence-corrected chi connectivity index (χ0v) is 17.1. The quantitative estimate of drug-likeness (QED) is 0.513. The molecule has 1 aliphatic heterocycles. The van der Waals surface area contributed by atoms with Gasteiger partial charge in [-0.05, 0) is 53.7 Å². The highest BCUT2D eigenvalue weighted by Crippen LogP contribution is 2.19. The van der Waals surface area contributed by atoms with Crippen LogP contribution in [0.4, 0.5) is 22.2 Å². The third-order valence-corrected chi connectivity index (χ3v) is 5.14. The van der Waals surface area contributed by atoms with Crippen molar-refractivity contribution in [2.75, 3.05) is 35.7 Å². The van der Waals surface area contributed by atoms with Gasteiger partial charge in [-0.3, -0.25) is 10.6 Å². The molecular formula is C17H22BrN5O3S. The molecule has 10 heteroatoms. The molecule has 0 spiro atoms. The number of hydrogen-bond acceptors (Lipinski definition) is 7. The second-order valence-electron chi connectivity index (χ2n) is 5.92. The Morgan fingerprint density at radius 1 is 1.26 bits per heavy atom. The summed E-state index contributed by atoms with van der Waals surface area (Å²) in [6.45, 7) is 2.16. The number of amides is 2. The van der Waals surface area contributed by atoms with Crippen molar-refractivity contribution in [1.82, 2.24) is 9.97 Å². The second kappa shape index (κ2) is 10.5. The predicted octanol–water partition coefficient (Wildman–Crippen LogP) is 4.29. The van der Waals surface area contributed by atoms with Gasteiger partial charge in [-0.1, -0.05) is 6.07 Å². The monoisotopic (exact) mass is 455 g/mol. The van der Waals surface area contributed by atoms with Crippen molar-refractivity contribution in [3.05, 3.63) is 27.5 Å². The normalized spacial score (nSPS) is 16.7. The number of pyridine rings is 1. The molecule has 1 fully saturated rings. The minimum Gasteiger partial charge on any atom is -0.370 e. The van der Waals surface area contributed by atoms with E-state index in [-0.39, 0.29) is 6.29 Å². The van der Waals surface area contributed by atoms with Crippen molar-refractivity contribution in [2.24, 2.45) is 0 Å². The van der Waals surface area contributed by atoms with Gasteiger partial charge in [0, 0.05) is 18.5 Å². The molecule has 2 aromatic rings. The van der Waals surface area contributed by atoms with Gasteiger partial charge in [0.15, 0.2) is 10.2 Å². The molecule has 3 rings (SSSR count). The average Bonchev–Trinajstić information content (AvgIpc) is 3.07. The molecule has 0 bridgehead atoms. The molecule has 0 aliphatic carbocycles. The van der Waals surface area contributed by atoms with Crippen LogP contribution in [0, 0.1) is 0 Å². The lowest BCUT2D eigenvalue weighted by Crippen LogP contribution is -2.23. The number of carbonyl (C=O) groups excluding carboxylic acids is 1. The lowest BCUT2D eigenvalue weighted by atomic mass is 10.2. The van der Waals surface area contributed by atoms with Gasteiger partial charge in [-0.25, -0.2) is 14.8 Å². The fourth-order valence-electron chi connectivity index (χ4n) is 2.52. The zero-order chi connectivity index (χ0) is 18.9. The number of carbonyl (C=O) groups is 1. The van der Waals surface area contributed by atoms with Gasteiger partial charge >= 0.3 is 6.03 Å². The predicted molar refractivity (Wildman–Crippen MR) is 109 cm³/mol. The summed E-state index contributed by atoms with van der Waals surface area (Å²) in [5, 5.41) is 10.3. The molecular weight excluding hydrogens is 434 g/mol. The topological polar surface area (TPSA) is 97.4 Å². The number of hydrogen-bond donors (Lipinski definition) is 3. The Hall–Kier alpha value is -1.75.